The third-order valence-corrected chi connectivity index (χ3v) is 6.81. The van der Waals surface area contributed by atoms with Crippen molar-refractivity contribution < 1.29 is 27.9 Å². The van der Waals surface area contributed by atoms with E-state index >= 15 is 8.78 Å². The van der Waals surface area contributed by atoms with Gasteiger partial charge in [-0.15, -0.1) is 0 Å². The molecule has 7 nitrogen and oxygen atoms in total. The molecule has 0 bridgehead atoms. The minimum absolute atomic E-state index is 0.131. The van der Waals surface area contributed by atoms with Gasteiger partial charge in [-0.2, -0.15) is 5.06 Å². The van der Waals surface area contributed by atoms with Gasteiger partial charge in [-0.3, -0.25) is 14.8 Å². The Morgan fingerprint density at radius 2 is 1.83 bits per heavy atom. The summed E-state index contributed by atoms with van der Waals surface area (Å²) in [5.41, 5.74) is 2.04. The van der Waals surface area contributed by atoms with Crippen molar-refractivity contribution in [3.8, 4) is 22.5 Å². The molecule has 36 heavy (non-hydrogen) atoms. The summed E-state index contributed by atoms with van der Waals surface area (Å²) in [5.74, 6) is -1.13. The number of rotatable bonds is 6. The number of hydroxylamine groups is 2. The van der Waals surface area contributed by atoms with Crippen molar-refractivity contribution in [2.24, 2.45) is 0 Å². The van der Waals surface area contributed by atoms with Crippen LogP contribution in [0.5, 0.6) is 0 Å². The summed E-state index contributed by atoms with van der Waals surface area (Å²) in [7, 11) is 0. The Morgan fingerprint density at radius 1 is 1.08 bits per heavy atom. The van der Waals surface area contributed by atoms with Crippen LogP contribution in [0.4, 0.5) is 8.78 Å². The Kier molecular flexibility index (Phi) is 5.42. The smallest absolute Gasteiger partial charge is 0.161 e. The molecule has 4 aromatic rings. The lowest BCUT2D eigenvalue weighted by Crippen LogP contribution is -2.70. The second-order valence-electron chi connectivity index (χ2n) is 9.81. The van der Waals surface area contributed by atoms with Gasteiger partial charge in [0, 0.05) is 29.6 Å². The molecule has 2 unspecified atom stereocenters. The first-order valence-corrected chi connectivity index (χ1v) is 11.8. The monoisotopic (exact) mass is 493 g/mol. The summed E-state index contributed by atoms with van der Waals surface area (Å²) >= 11 is 0. The average Bonchev–Trinajstić information content (AvgIpc) is 3.25. The molecule has 2 aliphatic heterocycles. The fourth-order valence-electron chi connectivity index (χ4n) is 4.67. The number of aliphatic hydroxyl groups is 1. The lowest BCUT2D eigenvalue weighted by Gasteiger charge is -2.54. The fraction of sp³-hybridized carbons (Fsp3) is 0.333. The average molecular weight is 494 g/mol. The summed E-state index contributed by atoms with van der Waals surface area (Å²) in [6, 6.07) is 9.69. The van der Waals surface area contributed by atoms with Gasteiger partial charge in [-0.05, 0) is 56.7 Å². The standard InChI is InChI=1S/C27H25F2N3O4/c1-14(36-32-12-23-21(32)13-34-23)25-18(28)8-16(9-19(25)29)22-11-20-26(35-22)17(5-7-30-20)15-4-6-31-24(10-15)27(2,3)33/h4-11,14,21,23,33H,12-13H2,1-3H3/t14?,21-,23?/m1/s1. The highest BCUT2D eigenvalue weighted by molar-refractivity contribution is 5.92. The molecule has 3 aromatic heterocycles. The van der Waals surface area contributed by atoms with Gasteiger partial charge in [0.05, 0.1) is 36.6 Å². The van der Waals surface area contributed by atoms with Crippen molar-refractivity contribution in [3.05, 3.63) is 71.7 Å². The van der Waals surface area contributed by atoms with Gasteiger partial charge in [0.1, 0.15) is 34.6 Å². The zero-order valence-electron chi connectivity index (χ0n) is 20.0. The number of pyridine rings is 2. The van der Waals surface area contributed by atoms with Crippen LogP contribution in [0.2, 0.25) is 0 Å². The Balaban J connectivity index is 1.32. The summed E-state index contributed by atoms with van der Waals surface area (Å²) in [6.07, 6.45) is 2.62. The number of ether oxygens (including phenoxy) is 1. The van der Waals surface area contributed by atoms with Crippen LogP contribution in [0, 0.1) is 11.6 Å². The predicted molar refractivity (Wildman–Crippen MR) is 128 cm³/mol. The number of hydrogen-bond acceptors (Lipinski definition) is 7. The molecule has 9 heteroatoms. The molecule has 0 radical (unpaired) electrons. The fourth-order valence-corrected chi connectivity index (χ4v) is 4.67. The van der Waals surface area contributed by atoms with E-state index in [9.17, 15) is 5.11 Å². The largest absolute Gasteiger partial charge is 0.454 e. The van der Waals surface area contributed by atoms with Crippen LogP contribution in [0.1, 0.15) is 38.1 Å². The molecule has 2 fully saturated rings. The van der Waals surface area contributed by atoms with Gasteiger partial charge in [0.25, 0.3) is 0 Å². The normalized spacial score (nSPS) is 20.6. The number of nitrogens with zero attached hydrogens (tertiary/aromatic N) is 3. The van der Waals surface area contributed by atoms with Crippen LogP contribution in [-0.2, 0) is 15.2 Å². The zero-order valence-corrected chi connectivity index (χ0v) is 20.0. The third kappa shape index (κ3) is 3.88. The molecule has 3 atom stereocenters. The van der Waals surface area contributed by atoms with Crippen molar-refractivity contribution in [2.75, 3.05) is 13.2 Å². The molecule has 6 rings (SSSR count). The van der Waals surface area contributed by atoms with E-state index in [-0.39, 0.29) is 29.0 Å². The number of benzene rings is 1. The topological polar surface area (TPSA) is 80.9 Å². The number of halogens is 2. The Morgan fingerprint density at radius 3 is 2.47 bits per heavy atom. The van der Waals surface area contributed by atoms with E-state index in [2.05, 4.69) is 9.97 Å². The minimum Gasteiger partial charge on any atom is -0.454 e. The molecule has 0 amide bonds. The molecular weight excluding hydrogens is 468 g/mol. The van der Waals surface area contributed by atoms with Gasteiger partial charge >= 0.3 is 0 Å². The van der Waals surface area contributed by atoms with Gasteiger partial charge in [0.15, 0.2) is 5.58 Å². The van der Waals surface area contributed by atoms with Crippen LogP contribution in [0.3, 0.4) is 0 Å². The van der Waals surface area contributed by atoms with E-state index in [4.69, 9.17) is 14.0 Å². The van der Waals surface area contributed by atoms with Gasteiger partial charge < -0.3 is 14.3 Å². The van der Waals surface area contributed by atoms with Crippen LogP contribution in [0.25, 0.3) is 33.6 Å². The van der Waals surface area contributed by atoms with E-state index in [0.29, 0.717) is 29.9 Å². The summed E-state index contributed by atoms with van der Waals surface area (Å²) in [5, 5.41) is 12.1. The van der Waals surface area contributed by atoms with E-state index < -0.39 is 23.3 Å². The van der Waals surface area contributed by atoms with Crippen LogP contribution < -0.4 is 0 Å². The molecule has 186 valence electrons. The van der Waals surface area contributed by atoms with Crippen LogP contribution in [0.15, 0.2) is 53.2 Å². The Labute approximate surface area is 206 Å². The van der Waals surface area contributed by atoms with Gasteiger partial charge in [-0.1, -0.05) is 0 Å². The van der Waals surface area contributed by atoms with E-state index in [0.717, 1.165) is 11.1 Å². The molecule has 5 heterocycles. The van der Waals surface area contributed by atoms with Gasteiger partial charge in [-0.25, -0.2) is 8.78 Å². The predicted octanol–water partition coefficient (Wildman–Crippen LogP) is 5.14. The molecular formula is C27H25F2N3O4. The highest BCUT2D eigenvalue weighted by Gasteiger charge is 2.49. The second-order valence-corrected chi connectivity index (χ2v) is 9.81. The van der Waals surface area contributed by atoms with E-state index in [1.807, 2.05) is 0 Å². The third-order valence-electron chi connectivity index (χ3n) is 6.81. The van der Waals surface area contributed by atoms with Crippen LogP contribution in [-0.4, -0.2) is 45.4 Å². The quantitative estimate of drug-likeness (QED) is 0.398. The van der Waals surface area contributed by atoms with Crippen molar-refractivity contribution in [1.29, 1.82) is 0 Å². The Hall–Kier alpha value is -3.24. The molecule has 2 aliphatic rings. The van der Waals surface area contributed by atoms with Gasteiger partial charge in [0.2, 0.25) is 0 Å². The first-order chi connectivity index (χ1) is 17.2. The van der Waals surface area contributed by atoms with Crippen molar-refractivity contribution >= 4 is 11.1 Å². The van der Waals surface area contributed by atoms with E-state index in [1.165, 1.54) is 12.1 Å². The lowest BCUT2D eigenvalue weighted by molar-refractivity contribution is -0.357. The second kappa shape index (κ2) is 8.41. The SMILES string of the molecule is CC(ON1CC2OC[C@H]21)c1c(F)cc(-c2cc3nccc(-c4ccnc(C(C)(C)O)c4)c3o2)cc1F. The summed E-state index contributed by atoms with van der Waals surface area (Å²) in [6.45, 7) is 6.11. The number of fused-ring (bicyclic) bond motifs is 2. The summed E-state index contributed by atoms with van der Waals surface area (Å²) in [4.78, 5) is 14.4. The highest BCUT2D eigenvalue weighted by Crippen LogP contribution is 2.38. The zero-order chi connectivity index (χ0) is 25.2. The Bertz CT molecular complexity index is 1440. The first kappa shape index (κ1) is 23.2. The van der Waals surface area contributed by atoms with E-state index in [1.54, 1.807) is 62.5 Å². The van der Waals surface area contributed by atoms with Crippen molar-refractivity contribution in [3.63, 3.8) is 0 Å². The first-order valence-electron chi connectivity index (χ1n) is 11.8. The lowest BCUT2D eigenvalue weighted by atomic mass is 9.98. The maximum absolute atomic E-state index is 15.1. The number of morpholine rings is 1. The molecule has 1 aromatic carbocycles. The number of aromatic nitrogens is 2. The molecule has 0 saturated carbocycles. The maximum Gasteiger partial charge on any atom is 0.161 e. The van der Waals surface area contributed by atoms with Crippen molar-refractivity contribution in [2.45, 2.75) is 44.6 Å². The molecule has 0 spiro atoms. The summed E-state index contributed by atoms with van der Waals surface area (Å²) < 4.78 is 41.6. The maximum atomic E-state index is 15.1. The molecule has 2 saturated heterocycles. The van der Waals surface area contributed by atoms with Crippen molar-refractivity contribution in [1.82, 2.24) is 15.0 Å². The number of furan rings is 1. The minimum atomic E-state index is -1.11. The van der Waals surface area contributed by atoms with Crippen LogP contribution >= 0.6 is 0 Å². The highest BCUT2D eigenvalue weighted by atomic mass is 19.1. The molecule has 0 aliphatic carbocycles. The number of hydrogen-bond donors (Lipinski definition) is 1. The molecule has 1 N–H and O–H groups in total.